The van der Waals surface area contributed by atoms with Crippen molar-refractivity contribution >= 4 is 5.97 Å². The number of carboxylic acids is 1. The van der Waals surface area contributed by atoms with Gasteiger partial charge in [0.05, 0.1) is 18.0 Å². The van der Waals surface area contributed by atoms with Crippen molar-refractivity contribution in [2.45, 2.75) is 90.3 Å². The van der Waals surface area contributed by atoms with Gasteiger partial charge in [-0.3, -0.25) is 9.78 Å². The number of fused-ring (bicyclic) bond motifs is 1. The van der Waals surface area contributed by atoms with E-state index in [0.717, 1.165) is 60.2 Å². The lowest BCUT2D eigenvalue weighted by atomic mass is 9.82. The standard InChI is InChI=1S/C31H37F3N2O2/c1-19(2)8-13-26(21-9-11-24(12-10-21)31(32,33)34)36-29(20(3)4)28(22-14-16-35-17-15-22)25-7-5-6-23(30(25)36)18-27(37)38/h9-12,14-17,19-20,23,26H,5-8,13,18H2,1-4H3,(H,37,38)/t23?,26-/m0/s1. The van der Waals surface area contributed by atoms with Crippen LogP contribution >= 0.6 is 0 Å². The molecule has 0 aliphatic heterocycles. The fourth-order valence-electron chi connectivity index (χ4n) is 6.02. The predicted molar refractivity (Wildman–Crippen MR) is 143 cm³/mol. The van der Waals surface area contributed by atoms with Gasteiger partial charge in [0.1, 0.15) is 0 Å². The molecule has 4 nitrogen and oxygen atoms in total. The molecule has 0 fully saturated rings. The number of benzene rings is 1. The van der Waals surface area contributed by atoms with Gasteiger partial charge >= 0.3 is 12.1 Å². The van der Waals surface area contributed by atoms with Crippen LogP contribution in [0.15, 0.2) is 48.8 Å². The zero-order chi connectivity index (χ0) is 27.6. The third kappa shape index (κ3) is 5.82. The molecule has 0 spiro atoms. The van der Waals surface area contributed by atoms with Gasteiger partial charge in [0, 0.05) is 35.3 Å². The van der Waals surface area contributed by atoms with Gasteiger partial charge in [-0.05, 0) is 84.9 Å². The number of halogens is 3. The Hall–Kier alpha value is -3.09. The van der Waals surface area contributed by atoms with Gasteiger partial charge in [0.15, 0.2) is 0 Å². The third-order valence-corrected chi connectivity index (χ3v) is 7.64. The molecule has 0 saturated carbocycles. The molecule has 2 atom stereocenters. The van der Waals surface area contributed by atoms with E-state index >= 15 is 0 Å². The van der Waals surface area contributed by atoms with Crippen molar-refractivity contribution in [3.8, 4) is 11.1 Å². The molecule has 2 heterocycles. The van der Waals surface area contributed by atoms with Crippen LogP contribution in [0.1, 0.15) is 106 Å². The lowest BCUT2D eigenvalue weighted by molar-refractivity contribution is -0.138. The summed E-state index contributed by atoms with van der Waals surface area (Å²) < 4.78 is 42.5. The molecule has 0 saturated heterocycles. The SMILES string of the molecule is CC(C)CC[C@@H](c1ccc(C(F)(F)F)cc1)n1c(C(C)C)c(-c2ccncc2)c2c1C(CC(=O)O)CCC2. The van der Waals surface area contributed by atoms with Gasteiger partial charge in [-0.25, -0.2) is 0 Å². The van der Waals surface area contributed by atoms with E-state index in [9.17, 15) is 23.1 Å². The van der Waals surface area contributed by atoms with Gasteiger partial charge in [0.25, 0.3) is 0 Å². The number of aliphatic carboxylic acids is 1. The van der Waals surface area contributed by atoms with Crippen molar-refractivity contribution in [2.75, 3.05) is 0 Å². The maximum Gasteiger partial charge on any atom is 0.416 e. The van der Waals surface area contributed by atoms with Crippen molar-refractivity contribution in [3.63, 3.8) is 0 Å². The molecule has 2 aromatic heterocycles. The summed E-state index contributed by atoms with van der Waals surface area (Å²) in [6.45, 7) is 8.57. The highest BCUT2D eigenvalue weighted by atomic mass is 19.4. The molecule has 4 rings (SSSR count). The minimum Gasteiger partial charge on any atom is -0.481 e. The molecule has 1 unspecified atom stereocenters. The summed E-state index contributed by atoms with van der Waals surface area (Å²) in [5, 5.41) is 9.80. The first kappa shape index (κ1) is 27.9. The highest BCUT2D eigenvalue weighted by Crippen LogP contribution is 2.48. The largest absolute Gasteiger partial charge is 0.481 e. The number of alkyl halides is 3. The summed E-state index contributed by atoms with van der Waals surface area (Å²) >= 11 is 0. The topological polar surface area (TPSA) is 55.1 Å². The summed E-state index contributed by atoms with van der Waals surface area (Å²) in [5.74, 6) is -0.457. The van der Waals surface area contributed by atoms with Crippen molar-refractivity contribution in [3.05, 3.63) is 76.9 Å². The van der Waals surface area contributed by atoms with Gasteiger partial charge in [-0.1, -0.05) is 39.8 Å². The number of pyridine rings is 1. The number of carboxylic acid groups (broad SMARTS) is 1. The molecule has 204 valence electrons. The monoisotopic (exact) mass is 526 g/mol. The maximum absolute atomic E-state index is 13.4. The molecule has 0 bridgehead atoms. The van der Waals surface area contributed by atoms with E-state index in [1.54, 1.807) is 24.5 Å². The Morgan fingerprint density at radius 1 is 1.05 bits per heavy atom. The fraction of sp³-hybridized carbons (Fsp3) is 0.484. The van der Waals surface area contributed by atoms with Crippen molar-refractivity contribution < 1.29 is 23.1 Å². The molecule has 38 heavy (non-hydrogen) atoms. The van der Waals surface area contributed by atoms with E-state index in [2.05, 4.69) is 37.2 Å². The third-order valence-electron chi connectivity index (χ3n) is 7.64. The van der Waals surface area contributed by atoms with Crippen LogP contribution < -0.4 is 0 Å². The number of hydrogen-bond acceptors (Lipinski definition) is 2. The first-order valence-electron chi connectivity index (χ1n) is 13.5. The first-order chi connectivity index (χ1) is 18.0. The minimum absolute atomic E-state index is 0.0360. The molecule has 0 radical (unpaired) electrons. The Bertz CT molecular complexity index is 1240. The summed E-state index contributed by atoms with van der Waals surface area (Å²) in [6.07, 6.45) is 3.35. The van der Waals surface area contributed by atoms with E-state index in [4.69, 9.17) is 0 Å². The number of nitrogens with zero attached hydrogens (tertiary/aromatic N) is 2. The zero-order valence-corrected chi connectivity index (χ0v) is 22.6. The van der Waals surface area contributed by atoms with E-state index in [1.165, 1.54) is 17.7 Å². The number of hydrogen-bond donors (Lipinski definition) is 1. The molecule has 1 aliphatic rings. The van der Waals surface area contributed by atoms with Crippen molar-refractivity contribution in [2.24, 2.45) is 5.92 Å². The van der Waals surface area contributed by atoms with E-state index < -0.39 is 17.7 Å². The van der Waals surface area contributed by atoms with Gasteiger partial charge in [-0.15, -0.1) is 0 Å². The molecular formula is C31H37F3N2O2. The second kappa shape index (κ2) is 11.3. The fourth-order valence-corrected chi connectivity index (χ4v) is 6.02. The summed E-state index contributed by atoms with van der Waals surface area (Å²) in [6, 6.07) is 9.33. The zero-order valence-electron chi connectivity index (χ0n) is 22.6. The van der Waals surface area contributed by atoms with Crippen molar-refractivity contribution in [1.82, 2.24) is 9.55 Å². The number of carbonyl (C=O) groups is 1. The highest BCUT2D eigenvalue weighted by Gasteiger charge is 2.36. The summed E-state index contributed by atoms with van der Waals surface area (Å²) in [7, 11) is 0. The van der Waals surface area contributed by atoms with Crippen LogP contribution in [-0.4, -0.2) is 20.6 Å². The Balaban J connectivity index is 2.01. The van der Waals surface area contributed by atoms with Gasteiger partial charge < -0.3 is 9.67 Å². The van der Waals surface area contributed by atoms with Crippen LogP contribution in [-0.2, 0) is 17.4 Å². The highest BCUT2D eigenvalue weighted by molar-refractivity contribution is 5.75. The second-order valence-corrected chi connectivity index (χ2v) is 11.2. The number of aromatic nitrogens is 2. The second-order valence-electron chi connectivity index (χ2n) is 11.2. The Labute approximate surface area is 222 Å². The Kier molecular flexibility index (Phi) is 8.34. The van der Waals surface area contributed by atoms with Crippen LogP contribution in [0.25, 0.3) is 11.1 Å². The summed E-state index contributed by atoms with van der Waals surface area (Å²) in [5.41, 5.74) is 5.68. The van der Waals surface area contributed by atoms with Crippen LogP contribution in [0, 0.1) is 5.92 Å². The van der Waals surface area contributed by atoms with Crippen LogP contribution in [0.5, 0.6) is 0 Å². The van der Waals surface area contributed by atoms with Gasteiger partial charge in [0.2, 0.25) is 0 Å². The molecule has 1 aliphatic carbocycles. The normalized spacial score (nSPS) is 16.6. The maximum atomic E-state index is 13.4. The first-order valence-corrected chi connectivity index (χ1v) is 13.5. The predicted octanol–water partition coefficient (Wildman–Crippen LogP) is 8.61. The summed E-state index contributed by atoms with van der Waals surface area (Å²) in [4.78, 5) is 16.1. The quantitative estimate of drug-likeness (QED) is 0.304. The van der Waals surface area contributed by atoms with E-state index in [0.29, 0.717) is 5.92 Å². The average Bonchev–Trinajstić information content (AvgIpc) is 3.20. The lowest BCUT2D eigenvalue weighted by Crippen LogP contribution is -2.23. The molecule has 3 aromatic rings. The Morgan fingerprint density at radius 2 is 1.71 bits per heavy atom. The smallest absolute Gasteiger partial charge is 0.416 e. The lowest BCUT2D eigenvalue weighted by Gasteiger charge is -2.31. The van der Waals surface area contributed by atoms with Crippen LogP contribution in [0.3, 0.4) is 0 Å². The van der Waals surface area contributed by atoms with Crippen molar-refractivity contribution in [1.29, 1.82) is 0 Å². The molecular weight excluding hydrogens is 489 g/mol. The van der Waals surface area contributed by atoms with E-state index in [-0.39, 0.29) is 24.3 Å². The van der Waals surface area contributed by atoms with E-state index in [1.807, 2.05) is 12.1 Å². The molecule has 1 aromatic carbocycles. The average molecular weight is 527 g/mol. The van der Waals surface area contributed by atoms with Crippen LogP contribution in [0.4, 0.5) is 13.2 Å². The number of rotatable bonds is 9. The van der Waals surface area contributed by atoms with Gasteiger partial charge in [-0.2, -0.15) is 13.2 Å². The Morgan fingerprint density at radius 3 is 2.26 bits per heavy atom. The molecule has 1 N–H and O–H groups in total. The minimum atomic E-state index is -4.40. The molecule has 0 amide bonds. The van der Waals surface area contributed by atoms with Crippen LogP contribution in [0.2, 0.25) is 0 Å². The molecule has 7 heteroatoms.